The zero-order valence-electron chi connectivity index (χ0n) is 17.5. The van der Waals surface area contributed by atoms with Crippen molar-refractivity contribution in [3.63, 3.8) is 0 Å². The topological polar surface area (TPSA) is 83.1 Å². The van der Waals surface area contributed by atoms with E-state index in [4.69, 9.17) is 14.5 Å². The minimum Gasteiger partial charge on any atom is -0.497 e. The van der Waals surface area contributed by atoms with Gasteiger partial charge in [-0.25, -0.2) is 9.78 Å². The summed E-state index contributed by atoms with van der Waals surface area (Å²) in [6.07, 6.45) is 0. The lowest BCUT2D eigenvalue weighted by Gasteiger charge is -2.36. The molecule has 2 aliphatic heterocycles. The van der Waals surface area contributed by atoms with E-state index in [0.29, 0.717) is 26.3 Å². The summed E-state index contributed by atoms with van der Waals surface area (Å²) in [7, 11) is 1.62. The molecule has 2 amide bonds. The molecule has 3 heterocycles. The molecule has 0 saturated carbocycles. The average molecular weight is 412 g/mol. The van der Waals surface area contributed by atoms with E-state index in [1.165, 1.54) is 0 Å². The van der Waals surface area contributed by atoms with Crippen molar-refractivity contribution in [1.82, 2.24) is 14.9 Å². The third kappa shape index (κ3) is 4.73. The number of nitrogens with one attached hydrogen (secondary N) is 1. The first kappa shape index (κ1) is 20.2. The molecule has 0 spiro atoms. The van der Waals surface area contributed by atoms with Crippen molar-refractivity contribution in [2.24, 2.45) is 0 Å². The van der Waals surface area contributed by atoms with E-state index in [2.05, 4.69) is 20.1 Å². The number of rotatable bonds is 4. The van der Waals surface area contributed by atoms with Crippen LogP contribution >= 0.6 is 0 Å². The van der Waals surface area contributed by atoms with Crippen LogP contribution in [0.25, 0.3) is 0 Å². The van der Waals surface area contributed by atoms with Gasteiger partial charge in [0.1, 0.15) is 11.6 Å². The Balaban J connectivity index is 1.35. The highest BCUT2D eigenvalue weighted by atomic mass is 16.5. The number of urea groups is 1. The van der Waals surface area contributed by atoms with Crippen molar-refractivity contribution in [2.45, 2.75) is 6.92 Å². The van der Waals surface area contributed by atoms with Crippen LogP contribution in [-0.2, 0) is 4.74 Å². The van der Waals surface area contributed by atoms with Gasteiger partial charge in [0.05, 0.1) is 20.3 Å². The van der Waals surface area contributed by atoms with Gasteiger partial charge in [0.25, 0.3) is 0 Å². The van der Waals surface area contributed by atoms with E-state index in [-0.39, 0.29) is 6.03 Å². The van der Waals surface area contributed by atoms with E-state index in [1.807, 2.05) is 42.2 Å². The van der Waals surface area contributed by atoms with E-state index >= 15 is 0 Å². The number of methoxy groups -OCH3 is 1. The third-order valence-corrected chi connectivity index (χ3v) is 5.35. The van der Waals surface area contributed by atoms with Crippen LogP contribution in [-0.4, -0.2) is 80.5 Å². The Hall–Kier alpha value is -3.07. The Labute approximate surface area is 176 Å². The van der Waals surface area contributed by atoms with Gasteiger partial charge in [-0.05, 0) is 31.2 Å². The number of aromatic nitrogens is 2. The molecule has 30 heavy (non-hydrogen) atoms. The van der Waals surface area contributed by atoms with E-state index in [1.54, 1.807) is 7.11 Å². The molecule has 4 rings (SSSR count). The molecule has 0 bridgehead atoms. The Morgan fingerprint density at radius 3 is 2.37 bits per heavy atom. The Morgan fingerprint density at radius 1 is 1.00 bits per heavy atom. The summed E-state index contributed by atoms with van der Waals surface area (Å²) in [4.78, 5) is 28.2. The van der Waals surface area contributed by atoms with Crippen LogP contribution in [0, 0.1) is 6.92 Å². The van der Waals surface area contributed by atoms with Crippen molar-refractivity contribution in [3.05, 3.63) is 36.0 Å². The molecule has 0 radical (unpaired) electrons. The smallest absolute Gasteiger partial charge is 0.321 e. The van der Waals surface area contributed by atoms with Crippen LogP contribution < -0.4 is 19.9 Å². The molecule has 9 heteroatoms. The number of morpholine rings is 1. The summed E-state index contributed by atoms with van der Waals surface area (Å²) >= 11 is 0. The molecule has 0 aliphatic carbocycles. The summed E-state index contributed by atoms with van der Waals surface area (Å²) in [5.41, 5.74) is 1.70. The van der Waals surface area contributed by atoms with E-state index in [9.17, 15) is 4.79 Å². The Kier molecular flexibility index (Phi) is 6.18. The Morgan fingerprint density at radius 2 is 1.70 bits per heavy atom. The summed E-state index contributed by atoms with van der Waals surface area (Å²) in [6, 6.07) is 9.26. The number of aryl methyl sites for hydroxylation is 1. The number of hydrogen-bond donors (Lipinski definition) is 1. The van der Waals surface area contributed by atoms with Crippen molar-refractivity contribution in [1.29, 1.82) is 0 Å². The van der Waals surface area contributed by atoms with Crippen LogP contribution in [0.2, 0.25) is 0 Å². The summed E-state index contributed by atoms with van der Waals surface area (Å²) in [6.45, 7) is 7.75. The maximum absolute atomic E-state index is 12.6. The molecule has 0 atom stereocenters. The molecule has 160 valence electrons. The third-order valence-electron chi connectivity index (χ3n) is 5.35. The molecule has 1 N–H and O–H groups in total. The summed E-state index contributed by atoms with van der Waals surface area (Å²) in [5.74, 6) is 2.44. The molecule has 1 aromatic heterocycles. The fourth-order valence-electron chi connectivity index (χ4n) is 3.62. The number of anilines is 3. The number of ether oxygens (including phenoxy) is 2. The number of amides is 2. The lowest BCUT2D eigenvalue weighted by molar-refractivity contribution is 0.122. The first-order valence-corrected chi connectivity index (χ1v) is 10.3. The monoisotopic (exact) mass is 412 g/mol. The summed E-state index contributed by atoms with van der Waals surface area (Å²) < 4.78 is 10.6. The first-order chi connectivity index (χ1) is 14.6. The molecule has 2 saturated heterocycles. The van der Waals surface area contributed by atoms with Crippen LogP contribution in [0.3, 0.4) is 0 Å². The largest absolute Gasteiger partial charge is 0.497 e. The van der Waals surface area contributed by atoms with Gasteiger partial charge in [-0.3, -0.25) is 0 Å². The molecule has 2 aromatic rings. The van der Waals surface area contributed by atoms with Gasteiger partial charge < -0.3 is 29.5 Å². The van der Waals surface area contributed by atoms with Gasteiger partial charge >= 0.3 is 6.03 Å². The Bertz CT molecular complexity index is 862. The zero-order chi connectivity index (χ0) is 20.9. The SMILES string of the molecule is COc1ccc(NC(=O)N2CCN(c3cc(C)nc(N4CCOCC4)n3)CC2)cc1. The fraction of sp³-hybridized carbons (Fsp3) is 0.476. The van der Waals surface area contributed by atoms with Crippen LogP contribution in [0.5, 0.6) is 5.75 Å². The normalized spacial score (nSPS) is 17.1. The van der Waals surface area contributed by atoms with Crippen molar-refractivity contribution in [2.75, 3.05) is 74.7 Å². The van der Waals surface area contributed by atoms with Crippen LogP contribution in [0.15, 0.2) is 30.3 Å². The van der Waals surface area contributed by atoms with Gasteiger partial charge in [0.15, 0.2) is 0 Å². The molecular weight excluding hydrogens is 384 g/mol. The lowest BCUT2D eigenvalue weighted by atomic mass is 10.3. The molecular formula is C21H28N6O3. The minimum absolute atomic E-state index is 0.0901. The molecule has 2 aliphatic rings. The average Bonchev–Trinajstić information content (AvgIpc) is 2.80. The van der Waals surface area contributed by atoms with Crippen LogP contribution in [0.4, 0.5) is 22.2 Å². The summed E-state index contributed by atoms with van der Waals surface area (Å²) in [5, 5.41) is 2.95. The van der Waals surface area contributed by atoms with E-state index < -0.39 is 0 Å². The highest BCUT2D eigenvalue weighted by Crippen LogP contribution is 2.20. The quantitative estimate of drug-likeness (QED) is 0.822. The highest BCUT2D eigenvalue weighted by Gasteiger charge is 2.23. The lowest BCUT2D eigenvalue weighted by Crippen LogP contribution is -2.50. The number of hydrogen-bond acceptors (Lipinski definition) is 7. The second kappa shape index (κ2) is 9.17. The highest BCUT2D eigenvalue weighted by molar-refractivity contribution is 5.89. The number of carbonyl (C=O) groups excluding carboxylic acids is 1. The van der Waals surface area contributed by atoms with Crippen LogP contribution in [0.1, 0.15) is 5.69 Å². The second-order valence-electron chi connectivity index (χ2n) is 7.40. The molecule has 1 aromatic carbocycles. The molecule has 9 nitrogen and oxygen atoms in total. The van der Waals surface area contributed by atoms with Gasteiger partial charge in [-0.2, -0.15) is 4.98 Å². The van der Waals surface area contributed by atoms with Gasteiger partial charge in [-0.1, -0.05) is 0 Å². The molecule has 0 unspecified atom stereocenters. The predicted molar refractivity (Wildman–Crippen MR) is 116 cm³/mol. The van der Waals surface area contributed by atoms with Gasteiger partial charge in [0.2, 0.25) is 5.95 Å². The maximum atomic E-state index is 12.6. The van der Waals surface area contributed by atoms with Crippen molar-refractivity contribution < 1.29 is 14.3 Å². The number of benzene rings is 1. The maximum Gasteiger partial charge on any atom is 0.321 e. The minimum atomic E-state index is -0.0901. The fourth-order valence-corrected chi connectivity index (χ4v) is 3.62. The predicted octanol–water partition coefficient (Wildman–Crippen LogP) is 1.98. The number of piperazine rings is 1. The van der Waals surface area contributed by atoms with Crippen molar-refractivity contribution in [3.8, 4) is 5.75 Å². The molecule has 2 fully saturated rings. The van der Waals surface area contributed by atoms with Crippen molar-refractivity contribution >= 4 is 23.5 Å². The van der Waals surface area contributed by atoms with Gasteiger partial charge in [0, 0.05) is 56.7 Å². The number of carbonyl (C=O) groups is 1. The first-order valence-electron chi connectivity index (χ1n) is 10.3. The van der Waals surface area contributed by atoms with E-state index in [0.717, 1.165) is 55.1 Å². The van der Waals surface area contributed by atoms with Gasteiger partial charge in [-0.15, -0.1) is 0 Å². The standard InChI is InChI=1S/C21H28N6O3/c1-16-15-19(24-20(22-16)26-11-13-30-14-12-26)25-7-9-27(10-8-25)21(28)23-17-3-5-18(29-2)6-4-17/h3-6,15H,7-14H2,1-2H3,(H,23,28). The zero-order valence-corrected chi connectivity index (χ0v) is 17.5. The second-order valence-corrected chi connectivity index (χ2v) is 7.40. The number of nitrogens with zero attached hydrogens (tertiary/aromatic N) is 5.